The molecule has 0 saturated carbocycles. The Kier molecular flexibility index (Phi) is 3.06. The second-order valence-electron chi connectivity index (χ2n) is 4.77. The monoisotopic (exact) mass is 282 g/mol. The molecule has 4 heteroatoms. The van der Waals surface area contributed by atoms with Crippen LogP contribution in [0.4, 0.5) is 0 Å². The van der Waals surface area contributed by atoms with E-state index in [0.29, 0.717) is 16.9 Å². The van der Waals surface area contributed by atoms with Gasteiger partial charge < -0.3 is 19.7 Å². The van der Waals surface area contributed by atoms with E-state index in [1.807, 2.05) is 25.1 Å². The fourth-order valence-electron chi connectivity index (χ4n) is 2.31. The van der Waals surface area contributed by atoms with Crippen molar-refractivity contribution < 1.29 is 19.7 Å². The van der Waals surface area contributed by atoms with Gasteiger partial charge in [-0.3, -0.25) is 0 Å². The number of benzene rings is 2. The maximum absolute atomic E-state index is 10.0. The van der Waals surface area contributed by atoms with Crippen LogP contribution in [0.2, 0.25) is 0 Å². The van der Waals surface area contributed by atoms with E-state index in [1.165, 1.54) is 12.1 Å². The summed E-state index contributed by atoms with van der Waals surface area (Å²) in [5, 5.41) is 30.0. The zero-order chi connectivity index (χ0) is 15.0. The molecule has 21 heavy (non-hydrogen) atoms. The van der Waals surface area contributed by atoms with E-state index < -0.39 is 0 Å². The van der Waals surface area contributed by atoms with Gasteiger partial charge in [-0.15, -0.1) is 0 Å². The number of hydrogen-bond donors (Lipinski definition) is 3. The predicted octanol–water partition coefficient (Wildman–Crippen LogP) is 4.25. The van der Waals surface area contributed by atoms with E-state index in [-0.39, 0.29) is 17.2 Å². The van der Waals surface area contributed by atoms with Crippen LogP contribution in [-0.4, -0.2) is 15.3 Å². The predicted molar refractivity (Wildman–Crippen MR) is 81.4 cm³/mol. The van der Waals surface area contributed by atoms with Crippen molar-refractivity contribution in [2.45, 2.75) is 6.92 Å². The van der Waals surface area contributed by atoms with Crippen LogP contribution < -0.4 is 0 Å². The summed E-state index contributed by atoms with van der Waals surface area (Å²) in [6.45, 7) is 1.90. The van der Waals surface area contributed by atoms with Gasteiger partial charge in [0.25, 0.3) is 0 Å². The van der Waals surface area contributed by atoms with Crippen molar-refractivity contribution in [1.82, 2.24) is 0 Å². The first-order chi connectivity index (χ1) is 10.1. The summed E-state index contributed by atoms with van der Waals surface area (Å²) >= 11 is 0. The van der Waals surface area contributed by atoms with Crippen LogP contribution in [0.15, 0.2) is 46.9 Å². The Labute approximate surface area is 121 Å². The van der Waals surface area contributed by atoms with Crippen LogP contribution in [0.1, 0.15) is 12.5 Å². The summed E-state index contributed by atoms with van der Waals surface area (Å²) in [4.78, 5) is 0. The maximum atomic E-state index is 10.0. The van der Waals surface area contributed by atoms with Gasteiger partial charge in [0.15, 0.2) is 11.3 Å². The molecule has 0 unspecified atom stereocenters. The molecule has 4 nitrogen and oxygen atoms in total. The number of phenols is 3. The molecule has 0 radical (unpaired) electrons. The first-order valence-corrected chi connectivity index (χ1v) is 6.50. The molecular weight excluding hydrogens is 268 g/mol. The van der Waals surface area contributed by atoms with Crippen LogP contribution in [0.25, 0.3) is 28.4 Å². The highest BCUT2D eigenvalue weighted by atomic mass is 16.4. The Morgan fingerprint density at radius 1 is 0.952 bits per heavy atom. The fraction of sp³-hybridized carbons (Fsp3) is 0.0588. The third-order valence-corrected chi connectivity index (χ3v) is 3.22. The van der Waals surface area contributed by atoms with E-state index in [0.717, 1.165) is 10.9 Å². The number of fused-ring (bicyclic) bond motifs is 1. The highest BCUT2D eigenvalue weighted by molar-refractivity contribution is 5.90. The first-order valence-electron chi connectivity index (χ1n) is 6.50. The molecule has 1 heterocycles. The molecular formula is C17H14O4. The summed E-state index contributed by atoms with van der Waals surface area (Å²) in [5.41, 5.74) is 1.69. The minimum absolute atomic E-state index is 0.0226. The molecule has 2 aromatic carbocycles. The van der Waals surface area contributed by atoms with E-state index in [1.54, 1.807) is 18.2 Å². The van der Waals surface area contributed by atoms with Gasteiger partial charge in [-0.05, 0) is 42.8 Å². The molecule has 106 valence electrons. The zero-order valence-corrected chi connectivity index (χ0v) is 11.4. The van der Waals surface area contributed by atoms with E-state index >= 15 is 0 Å². The van der Waals surface area contributed by atoms with Crippen LogP contribution in [-0.2, 0) is 0 Å². The van der Waals surface area contributed by atoms with Crippen molar-refractivity contribution >= 4 is 17.0 Å². The third-order valence-electron chi connectivity index (χ3n) is 3.22. The Morgan fingerprint density at radius 3 is 2.48 bits per heavy atom. The number of rotatable bonds is 2. The van der Waals surface area contributed by atoms with Gasteiger partial charge in [0.05, 0.1) is 5.56 Å². The lowest BCUT2D eigenvalue weighted by atomic mass is 10.1. The summed E-state index contributed by atoms with van der Waals surface area (Å²) in [7, 11) is 0. The molecule has 0 amide bonds. The SMILES string of the molecule is C/C=C/c1cc(O)c2oc(-c3ccc(O)cc3O)cc2c1. The van der Waals surface area contributed by atoms with Crippen molar-refractivity contribution in [2.24, 2.45) is 0 Å². The third kappa shape index (κ3) is 2.31. The van der Waals surface area contributed by atoms with Gasteiger partial charge in [0, 0.05) is 11.5 Å². The zero-order valence-electron chi connectivity index (χ0n) is 11.4. The highest BCUT2D eigenvalue weighted by Crippen LogP contribution is 2.38. The quantitative estimate of drug-likeness (QED) is 0.657. The number of aromatic hydroxyl groups is 3. The minimum Gasteiger partial charge on any atom is -0.508 e. The molecule has 0 fully saturated rings. The molecule has 0 saturated heterocycles. The van der Waals surface area contributed by atoms with Crippen LogP contribution >= 0.6 is 0 Å². The highest BCUT2D eigenvalue weighted by Gasteiger charge is 2.13. The average Bonchev–Trinajstić information content (AvgIpc) is 2.83. The van der Waals surface area contributed by atoms with Gasteiger partial charge >= 0.3 is 0 Å². The largest absolute Gasteiger partial charge is 0.508 e. The van der Waals surface area contributed by atoms with Crippen LogP contribution in [0.5, 0.6) is 17.2 Å². The Hall–Kier alpha value is -2.88. The lowest BCUT2D eigenvalue weighted by Gasteiger charge is -2.01. The molecule has 0 aliphatic heterocycles. The van der Waals surface area contributed by atoms with E-state index in [4.69, 9.17) is 4.42 Å². The van der Waals surface area contributed by atoms with Crippen molar-refractivity contribution in [3.05, 3.63) is 48.0 Å². The fourth-order valence-corrected chi connectivity index (χ4v) is 2.31. The topological polar surface area (TPSA) is 73.8 Å². The van der Waals surface area contributed by atoms with Crippen molar-refractivity contribution in [3.63, 3.8) is 0 Å². The number of phenolic OH excluding ortho intramolecular Hbond substituents is 3. The summed E-state index contributed by atoms with van der Waals surface area (Å²) in [6.07, 6.45) is 3.76. The Bertz CT molecular complexity index is 843. The Balaban J connectivity index is 2.19. The molecule has 0 spiro atoms. The van der Waals surface area contributed by atoms with Gasteiger partial charge in [0.2, 0.25) is 0 Å². The maximum Gasteiger partial charge on any atom is 0.176 e. The molecule has 3 N–H and O–H groups in total. The number of furan rings is 1. The average molecular weight is 282 g/mol. The van der Waals surface area contributed by atoms with Gasteiger partial charge in [-0.2, -0.15) is 0 Å². The van der Waals surface area contributed by atoms with Gasteiger partial charge in [0.1, 0.15) is 17.3 Å². The molecule has 0 aliphatic rings. The first kappa shape index (κ1) is 13.1. The standard InChI is InChI=1S/C17H14O4/c1-2-3-10-6-11-8-16(21-17(11)15(20)7-10)13-5-4-12(18)9-14(13)19/h2-9,18-20H,1H3/b3-2+. The molecule has 1 aromatic heterocycles. The number of allylic oxidation sites excluding steroid dienone is 1. The minimum atomic E-state index is -0.0813. The second-order valence-corrected chi connectivity index (χ2v) is 4.77. The lowest BCUT2D eigenvalue weighted by Crippen LogP contribution is -1.75. The van der Waals surface area contributed by atoms with Crippen molar-refractivity contribution in [1.29, 1.82) is 0 Å². The Morgan fingerprint density at radius 2 is 1.76 bits per heavy atom. The second kappa shape index (κ2) is 4.90. The van der Waals surface area contributed by atoms with E-state index in [9.17, 15) is 15.3 Å². The normalized spacial score (nSPS) is 11.5. The van der Waals surface area contributed by atoms with Gasteiger partial charge in [-0.25, -0.2) is 0 Å². The van der Waals surface area contributed by atoms with Crippen molar-refractivity contribution in [3.8, 4) is 28.6 Å². The molecule has 0 bridgehead atoms. The molecule has 0 atom stereocenters. The van der Waals surface area contributed by atoms with Crippen molar-refractivity contribution in [2.75, 3.05) is 0 Å². The lowest BCUT2D eigenvalue weighted by molar-refractivity contribution is 0.449. The van der Waals surface area contributed by atoms with E-state index in [2.05, 4.69) is 0 Å². The van der Waals surface area contributed by atoms with Crippen LogP contribution in [0.3, 0.4) is 0 Å². The molecule has 0 aliphatic carbocycles. The summed E-state index contributed by atoms with van der Waals surface area (Å²) < 4.78 is 5.62. The number of hydrogen-bond acceptors (Lipinski definition) is 4. The summed E-state index contributed by atoms with van der Waals surface area (Å²) in [6, 6.07) is 9.52. The molecule has 3 rings (SSSR count). The smallest absolute Gasteiger partial charge is 0.176 e. The van der Waals surface area contributed by atoms with Gasteiger partial charge in [-0.1, -0.05) is 12.2 Å². The van der Waals surface area contributed by atoms with Crippen LogP contribution in [0, 0.1) is 0 Å². The summed E-state index contributed by atoms with van der Waals surface area (Å²) in [5.74, 6) is 0.369. The molecule has 3 aromatic rings.